The van der Waals surface area contributed by atoms with Crippen LogP contribution in [0.1, 0.15) is 44.3 Å². The zero-order chi connectivity index (χ0) is 10.5. The van der Waals surface area contributed by atoms with Crippen molar-refractivity contribution in [3.05, 3.63) is 22.4 Å². The first-order valence-corrected chi connectivity index (χ1v) is 6.63. The molecule has 2 heterocycles. The third kappa shape index (κ3) is 3.03. The molecule has 0 radical (unpaired) electrons. The van der Waals surface area contributed by atoms with Crippen LogP contribution in [-0.2, 0) is 9.47 Å². The molecule has 2 unspecified atom stereocenters. The molecule has 1 fully saturated rings. The average Bonchev–Trinajstić information content (AvgIpc) is 2.81. The minimum absolute atomic E-state index is 0.0172. The number of rotatable bonds is 4. The van der Waals surface area contributed by atoms with Gasteiger partial charge < -0.3 is 9.47 Å². The fraction of sp³-hybridized carbons (Fsp3) is 0.667. The fourth-order valence-corrected chi connectivity index (χ4v) is 2.57. The van der Waals surface area contributed by atoms with E-state index in [-0.39, 0.29) is 12.4 Å². The van der Waals surface area contributed by atoms with Crippen molar-refractivity contribution in [1.82, 2.24) is 0 Å². The Labute approximate surface area is 95.2 Å². The molecule has 0 N–H and O–H groups in total. The van der Waals surface area contributed by atoms with Gasteiger partial charge in [-0.25, -0.2) is 0 Å². The molecule has 2 atom stereocenters. The Morgan fingerprint density at radius 2 is 2.53 bits per heavy atom. The van der Waals surface area contributed by atoms with Crippen molar-refractivity contribution >= 4 is 11.3 Å². The van der Waals surface area contributed by atoms with E-state index in [0.29, 0.717) is 0 Å². The largest absolute Gasteiger partial charge is 0.353 e. The van der Waals surface area contributed by atoms with Crippen molar-refractivity contribution in [2.75, 3.05) is 6.61 Å². The van der Waals surface area contributed by atoms with E-state index in [1.54, 1.807) is 11.3 Å². The first-order chi connectivity index (χ1) is 7.40. The summed E-state index contributed by atoms with van der Waals surface area (Å²) in [6, 6.07) is 2.14. The van der Waals surface area contributed by atoms with Crippen LogP contribution in [0.3, 0.4) is 0 Å². The molecule has 1 aliphatic rings. The quantitative estimate of drug-likeness (QED) is 0.778. The lowest BCUT2D eigenvalue weighted by atomic mass is 10.1. The maximum absolute atomic E-state index is 5.97. The summed E-state index contributed by atoms with van der Waals surface area (Å²) in [4.78, 5) is 0. The predicted octanol–water partition coefficient (Wildman–Crippen LogP) is 3.74. The minimum atomic E-state index is 0.0172. The van der Waals surface area contributed by atoms with Gasteiger partial charge in [-0.3, -0.25) is 0 Å². The molecular formula is C12H18O2S. The van der Waals surface area contributed by atoms with Crippen molar-refractivity contribution in [3.63, 3.8) is 0 Å². The van der Waals surface area contributed by atoms with Crippen molar-refractivity contribution in [2.45, 2.75) is 45.0 Å². The first-order valence-electron chi connectivity index (χ1n) is 5.69. The highest BCUT2D eigenvalue weighted by molar-refractivity contribution is 7.07. The van der Waals surface area contributed by atoms with Crippen LogP contribution in [0.4, 0.5) is 0 Å². The van der Waals surface area contributed by atoms with Gasteiger partial charge in [0, 0.05) is 6.61 Å². The van der Waals surface area contributed by atoms with Gasteiger partial charge in [0.05, 0.1) is 6.10 Å². The molecule has 84 valence electrons. The maximum atomic E-state index is 5.97. The first kappa shape index (κ1) is 11.1. The fourth-order valence-electron chi connectivity index (χ4n) is 1.87. The highest BCUT2D eigenvalue weighted by Crippen LogP contribution is 2.27. The lowest BCUT2D eigenvalue weighted by Crippen LogP contribution is -2.24. The van der Waals surface area contributed by atoms with Gasteiger partial charge in [-0.05, 0) is 48.1 Å². The van der Waals surface area contributed by atoms with E-state index in [1.807, 2.05) is 0 Å². The Balaban J connectivity index is 1.90. The Morgan fingerprint density at radius 3 is 3.13 bits per heavy atom. The zero-order valence-electron chi connectivity index (χ0n) is 9.15. The summed E-state index contributed by atoms with van der Waals surface area (Å²) in [6.45, 7) is 3.01. The monoisotopic (exact) mass is 226 g/mol. The Kier molecular flexibility index (Phi) is 4.18. The van der Waals surface area contributed by atoms with Crippen molar-refractivity contribution in [2.24, 2.45) is 0 Å². The van der Waals surface area contributed by atoms with E-state index < -0.39 is 0 Å². The molecule has 1 aromatic heterocycles. The lowest BCUT2D eigenvalue weighted by molar-refractivity contribution is -0.190. The van der Waals surface area contributed by atoms with Gasteiger partial charge in [0.2, 0.25) is 0 Å². The van der Waals surface area contributed by atoms with Crippen molar-refractivity contribution in [3.8, 4) is 0 Å². The summed E-state index contributed by atoms with van der Waals surface area (Å²) in [5.74, 6) is 0. The molecule has 3 heteroatoms. The normalized spacial score (nSPS) is 23.9. The summed E-state index contributed by atoms with van der Waals surface area (Å²) in [6.07, 6.45) is 4.68. The van der Waals surface area contributed by atoms with Gasteiger partial charge in [0.1, 0.15) is 0 Å². The molecule has 1 aromatic rings. The van der Waals surface area contributed by atoms with Crippen LogP contribution in [-0.4, -0.2) is 12.9 Å². The molecule has 0 aromatic carbocycles. The molecule has 1 saturated heterocycles. The highest BCUT2D eigenvalue weighted by Gasteiger charge is 2.19. The topological polar surface area (TPSA) is 18.5 Å². The van der Waals surface area contributed by atoms with Gasteiger partial charge in [-0.2, -0.15) is 11.3 Å². The second-order valence-corrected chi connectivity index (χ2v) is 4.67. The summed E-state index contributed by atoms with van der Waals surface area (Å²) >= 11 is 1.72. The van der Waals surface area contributed by atoms with Crippen LogP contribution in [0, 0.1) is 0 Å². The van der Waals surface area contributed by atoms with E-state index in [4.69, 9.17) is 9.47 Å². The van der Waals surface area contributed by atoms with Crippen LogP contribution >= 0.6 is 11.3 Å². The smallest absolute Gasteiger partial charge is 0.158 e. The minimum Gasteiger partial charge on any atom is -0.353 e. The van der Waals surface area contributed by atoms with Gasteiger partial charge in [0.25, 0.3) is 0 Å². The summed E-state index contributed by atoms with van der Waals surface area (Å²) in [5.41, 5.74) is 1.29. The molecule has 1 aliphatic heterocycles. The average molecular weight is 226 g/mol. The summed E-state index contributed by atoms with van der Waals surface area (Å²) < 4.78 is 11.6. The second kappa shape index (κ2) is 5.64. The van der Waals surface area contributed by atoms with Crippen LogP contribution in [0.25, 0.3) is 0 Å². The molecule has 2 nitrogen and oxygen atoms in total. The Bertz CT molecular complexity index is 265. The van der Waals surface area contributed by atoms with E-state index in [0.717, 1.165) is 19.4 Å². The molecular weight excluding hydrogens is 208 g/mol. The van der Waals surface area contributed by atoms with Gasteiger partial charge >= 0.3 is 0 Å². The Morgan fingerprint density at radius 1 is 1.60 bits per heavy atom. The van der Waals surface area contributed by atoms with E-state index in [1.165, 1.54) is 18.4 Å². The van der Waals surface area contributed by atoms with Gasteiger partial charge in [-0.15, -0.1) is 0 Å². The molecule has 0 saturated carbocycles. The zero-order valence-corrected chi connectivity index (χ0v) is 9.96. The molecule has 15 heavy (non-hydrogen) atoms. The molecule has 0 bridgehead atoms. The molecule has 0 spiro atoms. The summed E-state index contributed by atoms with van der Waals surface area (Å²) in [7, 11) is 0. The van der Waals surface area contributed by atoms with E-state index in [9.17, 15) is 0 Å². The van der Waals surface area contributed by atoms with Gasteiger partial charge in [0.15, 0.2) is 6.29 Å². The molecule has 0 aliphatic carbocycles. The standard InChI is InChI=1S/C12H18O2S/c1-2-11(10-6-8-15-9-10)14-12-5-3-4-7-13-12/h6,8-9,11-12H,2-5,7H2,1H3. The number of ether oxygens (including phenoxy) is 2. The highest BCUT2D eigenvalue weighted by atomic mass is 32.1. The van der Waals surface area contributed by atoms with Crippen LogP contribution in [0.5, 0.6) is 0 Å². The Hall–Kier alpha value is -0.380. The maximum Gasteiger partial charge on any atom is 0.158 e. The van der Waals surface area contributed by atoms with E-state index >= 15 is 0 Å². The second-order valence-electron chi connectivity index (χ2n) is 3.89. The van der Waals surface area contributed by atoms with Crippen LogP contribution in [0.2, 0.25) is 0 Å². The van der Waals surface area contributed by atoms with Gasteiger partial charge in [-0.1, -0.05) is 6.92 Å². The number of hydrogen-bond acceptors (Lipinski definition) is 3. The SMILES string of the molecule is CCC(OC1CCCCO1)c1ccsc1. The lowest BCUT2D eigenvalue weighted by Gasteiger charge is -2.27. The number of hydrogen-bond donors (Lipinski definition) is 0. The van der Waals surface area contributed by atoms with E-state index in [2.05, 4.69) is 23.8 Å². The molecule has 0 amide bonds. The van der Waals surface area contributed by atoms with Crippen molar-refractivity contribution in [1.29, 1.82) is 0 Å². The summed E-state index contributed by atoms with van der Waals surface area (Å²) in [5, 5.41) is 4.26. The predicted molar refractivity (Wildman–Crippen MR) is 62.0 cm³/mol. The third-order valence-electron chi connectivity index (χ3n) is 2.74. The third-order valence-corrected chi connectivity index (χ3v) is 3.44. The number of thiophene rings is 1. The molecule has 2 rings (SSSR count). The van der Waals surface area contributed by atoms with Crippen LogP contribution in [0.15, 0.2) is 16.8 Å². The van der Waals surface area contributed by atoms with Crippen molar-refractivity contribution < 1.29 is 9.47 Å². The van der Waals surface area contributed by atoms with Crippen LogP contribution < -0.4 is 0 Å².